The fourth-order valence-corrected chi connectivity index (χ4v) is 2.88. The minimum absolute atomic E-state index is 0.180. The number of carboxylic acid groups (broad SMARTS) is 1. The number of aliphatic carboxylic acids is 1. The van der Waals surface area contributed by atoms with Crippen molar-refractivity contribution in [2.45, 2.75) is 19.4 Å². The maximum absolute atomic E-state index is 11.7. The molecule has 0 aliphatic carbocycles. The number of carboxylic acids is 1. The Balaban J connectivity index is 2.10. The van der Waals surface area contributed by atoms with Crippen LogP contribution in [0.5, 0.6) is 5.75 Å². The van der Waals surface area contributed by atoms with E-state index >= 15 is 0 Å². The Morgan fingerprint density at radius 2 is 2.15 bits per heavy atom. The van der Waals surface area contributed by atoms with Gasteiger partial charge in [0.1, 0.15) is 11.8 Å². The van der Waals surface area contributed by atoms with Gasteiger partial charge in [-0.1, -0.05) is 0 Å². The van der Waals surface area contributed by atoms with Gasteiger partial charge in [0, 0.05) is 9.58 Å². The highest BCUT2D eigenvalue weighted by molar-refractivity contribution is 7.19. The zero-order valence-electron chi connectivity index (χ0n) is 11.2. The number of benzene rings is 1. The van der Waals surface area contributed by atoms with Crippen molar-refractivity contribution in [2.75, 3.05) is 7.11 Å². The van der Waals surface area contributed by atoms with E-state index in [4.69, 9.17) is 9.84 Å². The number of amides is 1. The number of nitrogens with one attached hydrogen (secondary N) is 1. The summed E-state index contributed by atoms with van der Waals surface area (Å²) in [6.45, 7) is 1.44. The molecule has 0 aliphatic heterocycles. The lowest BCUT2D eigenvalue weighted by Crippen LogP contribution is -2.39. The minimum atomic E-state index is -1.04. The highest BCUT2D eigenvalue weighted by Gasteiger charge is 2.15. The quantitative estimate of drug-likeness (QED) is 0.884. The van der Waals surface area contributed by atoms with Crippen LogP contribution in [0.4, 0.5) is 0 Å². The summed E-state index contributed by atoms with van der Waals surface area (Å²) >= 11 is 1.50. The van der Waals surface area contributed by atoms with Gasteiger partial charge in [0.2, 0.25) is 5.91 Å². The number of hydrogen-bond donors (Lipinski definition) is 2. The summed E-state index contributed by atoms with van der Waals surface area (Å²) in [7, 11) is 1.61. The van der Waals surface area contributed by atoms with Crippen molar-refractivity contribution in [2.24, 2.45) is 0 Å². The second-order valence-corrected chi connectivity index (χ2v) is 5.59. The van der Waals surface area contributed by atoms with Gasteiger partial charge in [0.05, 0.1) is 13.5 Å². The summed E-state index contributed by atoms with van der Waals surface area (Å²) in [4.78, 5) is 23.3. The van der Waals surface area contributed by atoms with Gasteiger partial charge >= 0.3 is 5.97 Å². The van der Waals surface area contributed by atoms with Crippen LogP contribution in [0.1, 0.15) is 11.8 Å². The summed E-state index contributed by atoms with van der Waals surface area (Å²) in [5.74, 6) is -0.562. The third kappa shape index (κ3) is 3.27. The number of carbonyl (C=O) groups is 2. The number of carbonyl (C=O) groups excluding carboxylic acids is 1. The summed E-state index contributed by atoms with van der Waals surface area (Å²) in [6, 6.07) is 6.78. The zero-order chi connectivity index (χ0) is 14.7. The predicted octanol–water partition coefficient (Wildman–Crippen LogP) is 2.04. The van der Waals surface area contributed by atoms with Gasteiger partial charge in [-0.05, 0) is 36.6 Å². The van der Waals surface area contributed by atoms with Crippen molar-refractivity contribution in [1.29, 1.82) is 0 Å². The maximum atomic E-state index is 11.7. The fourth-order valence-electron chi connectivity index (χ4n) is 1.79. The van der Waals surface area contributed by atoms with Gasteiger partial charge < -0.3 is 15.2 Å². The minimum Gasteiger partial charge on any atom is -0.497 e. The Hall–Kier alpha value is -2.08. The molecular formula is C14H15NO4S. The first-order chi connectivity index (χ1) is 9.49. The molecule has 0 aliphatic rings. The number of rotatable bonds is 5. The van der Waals surface area contributed by atoms with E-state index in [1.807, 2.05) is 24.3 Å². The SMILES string of the molecule is COc1ccc2cc(CC(=O)N[C@@H](C)C(=O)O)sc2c1. The molecule has 1 atom stereocenters. The van der Waals surface area contributed by atoms with Crippen LogP contribution >= 0.6 is 11.3 Å². The molecule has 0 radical (unpaired) electrons. The molecule has 2 aromatic rings. The lowest BCUT2D eigenvalue weighted by atomic mass is 10.2. The number of hydrogen-bond acceptors (Lipinski definition) is 4. The van der Waals surface area contributed by atoms with Crippen molar-refractivity contribution in [1.82, 2.24) is 5.32 Å². The van der Waals surface area contributed by atoms with Crippen LogP contribution in [0.15, 0.2) is 24.3 Å². The Labute approximate surface area is 120 Å². The van der Waals surface area contributed by atoms with Crippen molar-refractivity contribution in [3.63, 3.8) is 0 Å². The molecule has 5 nitrogen and oxygen atoms in total. The largest absolute Gasteiger partial charge is 0.497 e. The van der Waals surface area contributed by atoms with Crippen LogP contribution in [-0.4, -0.2) is 30.1 Å². The summed E-state index contributed by atoms with van der Waals surface area (Å²) < 4.78 is 6.19. The summed E-state index contributed by atoms with van der Waals surface area (Å²) in [5.41, 5.74) is 0. The van der Waals surface area contributed by atoms with Gasteiger partial charge in [-0.2, -0.15) is 0 Å². The first-order valence-electron chi connectivity index (χ1n) is 6.08. The molecule has 0 unspecified atom stereocenters. The average Bonchev–Trinajstić information content (AvgIpc) is 2.78. The van der Waals surface area contributed by atoms with Crippen LogP contribution in [0, 0.1) is 0 Å². The molecule has 0 saturated carbocycles. The maximum Gasteiger partial charge on any atom is 0.325 e. The van der Waals surface area contributed by atoms with Crippen LogP contribution in [0.2, 0.25) is 0 Å². The van der Waals surface area contributed by atoms with E-state index in [1.165, 1.54) is 18.3 Å². The van der Waals surface area contributed by atoms with Crippen LogP contribution in [0.3, 0.4) is 0 Å². The third-order valence-electron chi connectivity index (χ3n) is 2.86. The fraction of sp³-hybridized carbons (Fsp3) is 0.286. The molecule has 2 rings (SSSR count). The van der Waals surface area contributed by atoms with Crippen LogP contribution in [-0.2, 0) is 16.0 Å². The topological polar surface area (TPSA) is 75.6 Å². The summed E-state index contributed by atoms with van der Waals surface area (Å²) in [6.07, 6.45) is 0.180. The Morgan fingerprint density at radius 1 is 1.40 bits per heavy atom. The zero-order valence-corrected chi connectivity index (χ0v) is 12.0. The van der Waals surface area contributed by atoms with Crippen LogP contribution < -0.4 is 10.1 Å². The molecule has 1 aromatic carbocycles. The Kier molecular flexibility index (Phi) is 4.24. The Morgan fingerprint density at radius 3 is 2.80 bits per heavy atom. The average molecular weight is 293 g/mol. The van der Waals surface area contributed by atoms with Gasteiger partial charge in [0.15, 0.2) is 0 Å². The molecular weight excluding hydrogens is 278 g/mol. The molecule has 0 saturated heterocycles. The van der Waals surface area contributed by atoms with Crippen molar-refractivity contribution >= 4 is 33.3 Å². The van der Waals surface area contributed by atoms with E-state index in [0.29, 0.717) is 0 Å². The van der Waals surface area contributed by atoms with E-state index in [-0.39, 0.29) is 12.3 Å². The van der Waals surface area contributed by atoms with Crippen LogP contribution in [0.25, 0.3) is 10.1 Å². The Bertz CT molecular complexity index is 650. The third-order valence-corrected chi connectivity index (χ3v) is 3.96. The molecule has 1 heterocycles. The van der Waals surface area contributed by atoms with E-state index in [0.717, 1.165) is 20.7 Å². The molecule has 20 heavy (non-hydrogen) atoms. The smallest absolute Gasteiger partial charge is 0.325 e. The standard InChI is InChI=1S/C14H15NO4S/c1-8(14(17)18)15-13(16)7-11-5-9-3-4-10(19-2)6-12(9)20-11/h3-6,8H,7H2,1-2H3,(H,15,16)(H,17,18)/t8-/m0/s1. The van der Waals surface area contributed by atoms with Gasteiger partial charge in [-0.15, -0.1) is 11.3 Å². The molecule has 0 fully saturated rings. The number of fused-ring (bicyclic) bond motifs is 1. The molecule has 0 bridgehead atoms. The predicted molar refractivity (Wildman–Crippen MR) is 77.3 cm³/mol. The molecule has 2 N–H and O–H groups in total. The van der Waals surface area contributed by atoms with Gasteiger partial charge in [0.25, 0.3) is 0 Å². The normalized spacial score (nSPS) is 12.1. The summed E-state index contributed by atoms with van der Waals surface area (Å²) in [5, 5.41) is 12.2. The van der Waals surface area contributed by atoms with Crippen molar-refractivity contribution in [3.8, 4) is 5.75 Å². The second kappa shape index (κ2) is 5.92. The van der Waals surface area contributed by atoms with E-state index in [9.17, 15) is 9.59 Å². The van der Waals surface area contributed by atoms with Crippen molar-refractivity contribution in [3.05, 3.63) is 29.1 Å². The molecule has 6 heteroatoms. The second-order valence-electron chi connectivity index (χ2n) is 4.42. The first kappa shape index (κ1) is 14.3. The van der Waals surface area contributed by atoms with E-state index < -0.39 is 12.0 Å². The monoisotopic (exact) mass is 293 g/mol. The lowest BCUT2D eigenvalue weighted by Gasteiger charge is -2.07. The first-order valence-corrected chi connectivity index (χ1v) is 6.90. The molecule has 0 spiro atoms. The highest BCUT2D eigenvalue weighted by atomic mass is 32.1. The number of methoxy groups -OCH3 is 1. The highest BCUT2D eigenvalue weighted by Crippen LogP contribution is 2.29. The molecule has 1 amide bonds. The molecule has 106 valence electrons. The number of thiophene rings is 1. The molecule has 1 aromatic heterocycles. The van der Waals surface area contributed by atoms with E-state index in [2.05, 4.69) is 5.32 Å². The van der Waals surface area contributed by atoms with Gasteiger partial charge in [-0.25, -0.2) is 0 Å². The lowest BCUT2D eigenvalue weighted by molar-refractivity contribution is -0.141. The van der Waals surface area contributed by atoms with Crippen molar-refractivity contribution < 1.29 is 19.4 Å². The van der Waals surface area contributed by atoms with Gasteiger partial charge in [-0.3, -0.25) is 9.59 Å². The number of ether oxygens (including phenoxy) is 1. The van der Waals surface area contributed by atoms with E-state index in [1.54, 1.807) is 7.11 Å².